The molecule has 0 atom stereocenters. The topological polar surface area (TPSA) is 66.8 Å². The quantitative estimate of drug-likeness (QED) is 0.546. The van der Waals surface area contributed by atoms with Gasteiger partial charge >= 0.3 is 0 Å². The Morgan fingerprint density at radius 1 is 0.727 bits per heavy atom. The molecule has 0 heterocycles. The molecule has 130 valence electrons. The van der Waals surface area contributed by atoms with Crippen LogP contribution in [0, 0.1) is 0 Å². The van der Waals surface area contributed by atoms with E-state index in [0.717, 1.165) is 51.4 Å². The van der Waals surface area contributed by atoms with E-state index >= 15 is 0 Å². The van der Waals surface area contributed by atoms with E-state index in [-0.39, 0.29) is 12.2 Å². The van der Waals surface area contributed by atoms with E-state index in [0.29, 0.717) is 5.78 Å². The first kappa shape index (κ1) is 19.6. The summed E-state index contributed by atoms with van der Waals surface area (Å²) in [6.45, 7) is 0. The highest BCUT2D eigenvalue weighted by atomic mass is 17.1. The molecule has 0 radical (unpaired) electrons. The zero-order valence-corrected chi connectivity index (χ0v) is 14.0. The molecule has 0 aromatic carbocycles. The van der Waals surface area contributed by atoms with Gasteiger partial charge in [-0.3, -0.25) is 10.1 Å². The lowest BCUT2D eigenvalue weighted by Crippen LogP contribution is -2.14. The molecule has 0 aliphatic heterocycles. The molecular weight excluding hydrogens is 280 g/mol. The van der Waals surface area contributed by atoms with Crippen LogP contribution in [0.15, 0.2) is 0 Å². The van der Waals surface area contributed by atoms with Crippen molar-refractivity contribution in [2.24, 2.45) is 0 Å². The maximum atomic E-state index is 10.5. The van der Waals surface area contributed by atoms with Gasteiger partial charge in [-0.1, -0.05) is 44.9 Å². The average Bonchev–Trinajstić information content (AvgIpc) is 2.58. The van der Waals surface area contributed by atoms with Gasteiger partial charge in [0.25, 0.3) is 0 Å². The van der Waals surface area contributed by atoms with Crippen molar-refractivity contribution in [3.8, 4) is 0 Å². The summed E-state index contributed by atoms with van der Waals surface area (Å²) in [5.74, 6) is 0.464. The van der Waals surface area contributed by atoms with Gasteiger partial charge in [0.1, 0.15) is 5.78 Å². The van der Waals surface area contributed by atoms with Gasteiger partial charge in [0.05, 0.1) is 12.2 Å². The van der Waals surface area contributed by atoms with Gasteiger partial charge in [0, 0.05) is 12.8 Å². The minimum atomic E-state index is 0.0359. The Hall–Kier alpha value is -0.450. The number of aliphatic hydroxyl groups excluding tert-OH is 1. The number of hydrogen-bond donors (Lipinski definition) is 2. The molecule has 3 fully saturated rings. The molecule has 0 aromatic rings. The van der Waals surface area contributed by atoms with Crippen LogP contribution in [0.2, 0.25) is 0 Å². The highest BCUT2D eigenvalue weighted by Crippen LogP contribution is 2.19. The molecule has 3 saturated carbocycles. The number of Topliss-reactive ketones (excluding diaryl/α,β-unsaturated/α-hetero) is 1. The lowest BCUT2D eigenvalue weighted by Gasteiger charge is -2.17. The van der Waals surface area contributed by atoms with Crippen LogP contribution in [0.5, 0.6) is 0 Å². The van der Waals surface area contributed by atoms with Crippen LogP contribution < -0.4 is 0 Å². The Labute approximate surface area is 135 Å². The van der Waals surface area contributed by atoms with Crippen molar-refractivity contribution in [2.75, 3.05) is 0 Å². The molecule has 0 spiro atoms. The third kappa shape index (κ3) is 10.3. The second-order valence-corrected chi connectivity index (χ2v) is 6.76. The smallest absolute Gasteiger partial charge is 0.132 e. The highest BCUT2D eigenvalue weighted by Gasteiger charge is 2.12. The molecule has 2 N–H and O–H groups in total. The van der Waals surface area contributed by atoms with Crippen molar-refractivity contribution in [3.05, 3.63) is 0 Å². The molecule has 3 aliphatic rings. The number of carbonyl (C=O) groups excluding carboxylic acids is 1. The van der Waals surface area contributed by atoms with Crippen molar-refractivity contribution in [1.29, 1.82) is 0 Å². The van der Waals surface area contributed by atoms with Gasteiger partial charge in [-0.2, -0.15) is 0 Å². The molecule has 0 amide bonds. The summed E-state index contributed by atoms with van der Waals surface area (Å²) in [6, 6.07) is 0. The molecule has 4 heteroatoms. The summed E-state index contributed by atoms with van der Waals surface area (Å²) in [7, 11) is 0. The summed E-state index contributed by atoms with van der Waals surface area (Å²) in [6.07, 6.45) is 17.1. The molecule has 0 saturated heterocycles. The predicted molar refractivity (Wildman–Crippen MR) is 87.8 cm³/mol. The lowest BCUT2D eigenvalue weighted by atomic mass is 9.98. The first-order valence-corrected chi connectivity index (χ1v) is 9.22. The predicted octanol–water partition coefficient (Wildman–Crippen LogP) is 4.64. The van der Waals surface area contributed by atoms with Gasteiger partial charge < -0.3 is 5.11 Å². The minimum Gasteiger partial charge on any atom is -0.393 e. The summed E-state index contributed by atoms with van der Waals surface area (Å²) >= 11 is 0. The van der Waals surface area contributed by atoms with Crippen molar-refractivity contribution in [3.63, 3.8) is 0 Å². The summed E-state index contributed by atoms with van der Waals surface area (Å²) in [5.41, 5.74) is 0. The Morgan fingerprint density at radius 3 is 1.45 bits per heavy atom. The van der Waals surface area contributed by atoms with Crippen molar-refractivity contribution in [2.45, 2.75) is 109 Å². The number of ketones is 1. The third-order valence-corrected chi connectivity index (χ3v) is 4.69. The minimum absolute atomic E-state index is 0.0359. The van der Waals surface area contributed by atoms with Crippen molar-refractivity contribution in [1.82, 2.24) is 0 Å². The SMILES string of the molecule is O=C1CCCCC1.OC1CCCCC1.OOC1CCCCC1. The molecule has 3 aliphatic carbocycles. The van der Waals surface area contributed by atoms with Crippen LogP contribution in [-0.2, 0) is 9.68 Å². The fraction of sp³-hybridized carbons (Fsp3) is 0.944. The molecular formula is C18H34O4. The second-order valence-electron chi connectivity index (χ2n) is 6.76. The molecule has 0 aromatic heterocycles. The van der Waals surface area contributed by atoms with Crippen LogP contribution >= 0.6 is 0 Å². The lowest BCUT2D eigenvalue weighted by molar-refractivity contribution is -0.283. The van der Waals surface area contributed by atoms with E-state index in [1.807, 2.05) is 0 Å². The zero-order chi connectivity index (χ0) is 16.0. The van der Waals surface area contributed by atoms with Crippen LogP contribution in [0.1, 0.15) is 96.3 Å². The first-order valence-electron chi connectivity index (χ1n) is 9.22. The number of aliphatic hydroxyl groups is 1. The van der Waals surface area contributed by atoms with Gasteiger partial charge in [-0.25, -0.2) is 4.89 Å². The summed E-state index contributed by atoms with van der Waals surface area (Å²) in [5, 5.41) is 17.1. The fourth-order valence-electron chi connectivity index (χ4n) is 3.20. The Morgan fingerprint density at radius 2 is 1.18 bits per heavy atom. The van der Waals surface area contributed by atoms with E-state index in [9.17, 15) is 4.79 Å². The van der Waals surface area contributed by atoms with E-state index in [1.54, 1.807) is 0 Å². The summed E-state index contributed by atoms with van der Waals surface area (Å²) < 4.78 is 0. The van der Waals surface area contributed by atoms with E-state index in [2.05, 4.69) is 4.89 Å². The normalized spacial score (nSPS) is 23.8. The van der Waals surface area contributed by atoms with Gasteiger partial charge in [0.2, 0.25) is 0 Å². The fourth-order valence-corrected chi connectivity index (χ4v) is 3.20. The van der Waals surface area contributed by atoms with Gasteiger partial charge in [-0.05, 0) is 38.5 Å². The highest BCUT2D eigenvalue weighted by molar-refractivity contribution is 5.78. The Balaban J connectivity index is 0.000000166. The number of carbonyl (C=O) groups is 1. The van der Waals surface area contributed by atoms with Crippen molar-refractivity contribution < 1.29 is 20.0 Å². The summed E-state index contributed by atoms with van der Waals surface area (Å²) in [4.78, 5) is 14.7. The van der Waals surface area contributed by atoms with Crippen molar-refractivity contribution >= 4 is 5.78 Å². The van der Waals surface area contributed by atoms with Crippen LogP contribution in [0.3, 0.4) is 0 Å². The monoisotopic (exact) mass is 314 g/mol. The molecule has 4 nitrogen and oxygen atoms in total. The Kier molecular flexibility index (Phi) is 11.6. The van der Waals surface area contributed by atoms with Crippen LogP contribution in [0.25, 0.3) is 0 Å². The molecule has 3 rings (SSSR count). The zero-order valence-electron chi connectivity index (χ0n) is 14.0. The molecule has 0 bridgehead atoms. The maximum absolute atomic E-state index is 10.5. The number of hydrogen-bond acceptors (Lipinski definition) is 4. The number of rotatable bonds is 1. The Bertz CT molecular complexity index is 260. The average molecular weight is 314 g/mol. The van der Waals surface area contributed by atoms with Crippen LogP contribution in [-0.4, -0.2) is 28.4 Å². The van der Waals surface area contributed by atoms with E-state index < -0.39 is 0 Å². The van der Waals surface area contributed by atoms with E-state index in [4.69, 9.17) is 10.4 Å². The maximum Gasteiger partial charge on any atom is 0.132 e. The van der Waals surface area contributed by atoms with Gasteiger partial charge in [0.15, 0.2) is 0 Å². The standard InChI is InChI=1S/C6H12O2.C6H12O.C6H10O/c7-8-6-4-2-1-3-5-6;2*7-6-4-2-1-3-5-6/h6-7H,1-5H2;6-7H,1-5H2;1-5H2. The third-order valence-electron chi connectivity index (χ3n) is 4.69. The molecule has 0 unspecified atom stereocenters. The van der Waals surface area contributed by atoms with Crippen LogP contribution in [0.4, 0.5) is 0 Å². The molecule has 22 heavy (non-hydrogen) atoms. The second kappa shape index (κ2) is 13.0. The van der Waals surface area contributed by atoms with Gasteiger partial charge in [-0.15, -0.1) is 0 Å². The largest absolute Gasteiger partial charge is 0.393 e. The first-order chi connectivity index (χ1) is 10.7. The van der Waals surface area contributed by atoms with E-state index in [1.165, 1.54) is 44.9 Å².